The minimum Gasteiger partial charge on any atom is -0.378 e. The van der Waals surface area contributed by atoms with E-state index in [4.69, 9.17) is 10.00 Å². The minimum absolute atomic E-state index is 0.0296. The van der Waals surface area contributed by atoms with Crippen molar-refractivity contribution in [1.29, 1.82) is 5.26 Å². The van der Waals surface area contributed by atoms with Gasteiger partial charge >= 0.3 is 0 Å². The molecule has 7 heteroatoms. The molecule has 1 heterocycles. The van der Waals surface area contributed by atoms with Crippen molar-refractivity contribution in [3.8, 4) is 6.07 Å². The number of nitriles is 1. The second kappa shape index (κ2) is 8.69. The summed E-state index contributed by atoms with van der Waals surface area (Å²) < 4.78 is 31.2. The highest BCUT2D eigenvalue weighted by molar-refractivity contribution is 7.89. The Morgan fingerprint density at radius 3 is 2.33 bits per heavy atom. The summed E-state index contributed by atoms with van der Waals surface area (Å²) in [5.41, 5.74) is 0. The van der Waals surface area contributed by atoms with E-state index in [-0.39, 0.29) is 24.5 Å². The molecule has 0 amide bonds. The van der Waals surface area contributed by atoms with E-state index >= 15 is 0 Å². The number of rotatable bonds is 8. The highest BCUT2D eigenvalue weighted by Gasteiger charge is 2.29. The molecule has 0 aromatic heterocycles. The van der Waals surface area contributed by atoms with Crippen LogP contribution in [0.2, 0.25) is 0 Å². The molecule has 1 fully saturated rings. The fourth-order valence-electron chi connectivity index (χ4n) is 2.41. The molecule has 0 radical (unpaired) electrons. The minimum atomic E-state index is -3.25. The van der Waals surface area contributed by atoms with Crippen LogP contribution in [0.3, 0.4) is 0 Å². The maximum Gasteiger partial charge on any atom is 0.216 e. The maximum absolute atomic E-state index is 12.2. The quantitative estimate of drug-likeness (QED) is 0.669. The molecule has 1 aliphatic heterocycles. The molecule has 21 heavy (non-hydrogen) atoms. The Balaban J connectivity index is 2.46. The third kappa shape index (κ3) is 5.91. The molecule has 122 valence electrons. The van der Waals surface area contributed by atoms with Gasteiger partial charge in [-0.25, -0.2) is 8.42 Å². The topological polar surface area (TPSA) is 73.6 Å². The van der Waals surface area contributed by atoms with Gasteiger partial charge in [0, 0.05) is 26.2 Å². The van der Waals surface area contributed by atoms with Crippen molar-refractivity contribution in [2.45, 2.75) is 45.8 Å². The normalized spacial score (nSPS) is 19.6. The van der Waals surface area contributed by atoms with E-state index in [1.807, 2.05) is 13.8 Å². The van der Waals surface area contributed by atoms with E-state index < -0.39 is 10.0 Å². The zero-order valence-electron chi connectivity index (χ0n) is 13.3. The highest BCUT2D eigenvalue weighted by atomic mass is 32.2. The molecule has 1 aliphatic rings. The van der Waals surface area contributed by atoms with Crippen LogP contribution in [0.5, 0.6) is 0 Å². The van der Waals surface area contributed by atoms with Crippen LogP contribution in [0.25, 0.3) is 0 Å². The first kappa shape index (κ1) is 18.4. The van der Waals surface area contributed by atoms with Crippen molar-refractivity contribution in [2.24, 2.45) is 0 Å². The Kier molecular flexibility index (Phi) is 7.60. The third-order valence-corrected chi connectivity index (χ3v) is 5.45. The molecule has 0 N–H and O–H groups in total. The van der Waals surface area contributed by atoms with Gasteiger partial charge in [0.2, 0.25) is 10.0 Å². The molecule has 1 saturated heterocycles. The first-order chi connectivity index (χ1) is 9.90. The largest absolute Gasteiger partial charge is 0.378 e. The predicted octanol–water partition coefficient (Wildman–Crippen LogP) is 1.05. The first-order valence-corrected chi connectivity index (χ1v) is 9.24. The summed E-state index contributed by atoms with van der Waals surface area (Å²) in [5.74, 6) is 0.0296. The number of hydrogen-bond donors (Lipinski definition) is 0. The lowest BCUT2D eigenvalue weighted by Gasteiger charge is -2.36. The summed E-state index contributed by atoms with van der Waals surface area (Å²) in [6.07, 6.45) is 1.84. The second-order valence-corrected chi connectivity index (χ2v) is 7.69. The summed E-state index contributed by atoms with van der Waals surface area (Å²) in [5, 5.41) is 9.16. The van der Waals surface area contributed by atoms with Gasteiger partial charge in [0.1, 0.15) is 0 Å². The smallest absolute Gasteiger partial charge is 0.216 e. The van der Waals surface area contributed by atoms with Gasteiger partial charge in [-0.05, 0) is 20.3 Å². The van der Waals surface area contributed by atoms with Crippen molar-refractivity contribution in [3.63, 3.8) is 0 Å². The molecular formula is C14H27N3O3S. The van der Waals surface area contributed by atoms with Crippen LogP contribution in [-0.4, -0.2) is 68.3 Å². The number of hydrogen-bond acceptors (Lipinski definition) is 5. The first-order valence-electron chi connectivity index (χ1n) is 7.63. The van der Waals surface area contributed by atoms with Gasteiger partial charge in [-0.2, -0.15) is 9.57 Å². The number of sulfonamides is 1. The molecular weight excluding hydrogens is 290 g/mol. The lowest BCUT2D eigenvalue weighted by Crippen LogP contribution is -2.52. The molecule has 1 atom stereocenters. The number of piperazine rings is 1. The number of ether oxygens (including phenoxy) is 1. The average molecular weight is 317 g/mol. The molecule has 1 unspecified atom stereocenters. The van der Waals surface area contributed by atoms with Crippen molar-refractivity contribution >= 4 is 10.0 Å². The molecule has 1 rings (SSSR count). The molecule has 0 spiro atoms. The standard InChI is InChI=1S/C14H27N3O3S/c1-4-5-14(12-15)16-6-8-17(9-7-16)21(18,19)11-10-20-13(2)3/h13-14H,4-11H2,1-3H3. The fourth-order valence-corrected chi connectivity index (χ4v) is 3.70. The summed E-state index contributed by atoms with van der Waals surface area (Å²) >= 11 is 0. The Hall–Kier alpha value is -0.680. The van der Waals surface area contributed by atoms with Crippen LogP contribution < -0.4 is 0 Å². The SMILES string of the molecule is CCCC(C#N)N1CCN(S(=O)(=O)CCOC(C)C)CC1. The van der Waals surface area contributed by atoms with E-state index in [1.165, 1.54) is 4.31 Å². The predicted molar refractivity (Wildman–Crippen MR) is 82.3 cm³/mol. The molecule has 0 bridgehead atoms. The van der Waals surface area contributed by atoms with Gasteiger partial charge in [0.05, 0.1) is 30.6 Å². The Labute approximate surface area is 128 Å². The average Bonchev–Trinajstić information content (AvgIpc) is 2.44. The monoisotopic (exact) mass is 317 g/mol. The van der Waals surface area contributed by atoms with E-state index in [2.05, 4.69) is 17.9 Å². The van der Waals surface area contributed by atoms with Gasteiger partial charge in [-0.1, -0.05) is 13.3 Å². The van der Waals surface area contributed by atoms with E-state index in [1.54, 1.807) is 0 Å². The summed E-state index contributed by atoms with van der Waals surface area (Å²) in [6.45, 7) is 8.25. The van der Waals surface area contributed by atoms with Crippen LogP contribution in [0.15, 0.2) is 0 Å². The molecule has 0 aliphatic carbocycles. The fraction of sp³-hybridized carbons (Fsp3) is 0.929. The Morgan fingerprint density at radius 2 is 1.86 bits per heavy atom. The van der Waals surface area contributed by atoms with Crippen LogP contribution in [0.4, 0.5) is 0 Å². The summed E-state index contributed by atoms with van der Waals surface area (Å²) in [6, 6.07) is 2.22. The maximum atomic E-state index is 12.2. The van der Waals surface area contributed by atoms with Crippen molar-refractivity contribution < 1.29 is 13.2 Å². The third-order valence-electron chi connectivity index (χ3n) is 3.61. The van der Waals surface area contributed by atoms with Gasteiger partial charge in [0.15, 0.2) is 0 Å². The van der Waals surface area contributed by atoms with E-state index in [9.17, 15) is 8.42 Å². The van der Waals surface area contributed by atoms with Crippen LogP contribution in [-0.2, 0) is 14.8 Å². The zero-order chi connectivity index (χ0) is 15.9. The number of nitrogens with zero attached hydrogens (tertiary/aromatic N) is 3. The molecule has 6 nitrogen and oxygen atoms in total. The molecule has 0 aromatic carbocycles. The molecule has 0 saturated carbocycles. The van der Waals surface area contributed by atoms with Crippen molar-refractivity contribution in [1.82, 2.24) is 9.21 Å². The summed E-state index contributed by atoms with van der Waals surface area (Å²) in [4.78, 5) is 2.08. The Morgan fingerprint density at radius 1 is 1.24 bits per heavy atom. The van der Waals surface area contributed by atoms with Crippen LogP contribution >= 0.6 is 0 Å². The lowest BCUT2D eigenvalue weighted by atomic mass is 10.1. The molecule has 0 aromatic rings. The van der Waals surface area contributed by atoms with Gasteiger partial charge < -0.3 is 4.74 Å². The van der Waals surface area contributed by atoms with Gasteiger partial charge in [0.25, 0.3) is 0 Å². The van der Waals surface area contributed by atoms with Gasteiger partial charge in [-0.3, -0.25) is 4.90 Å². The van der Waals surface area contributed by atoms with Crippen molar-refractivity contribution in [2.75, 3.05) is 38.5 Å². The van der Waals surface area contributed by atoms with Crippen LogP contribution in [0, 0.1) is 11.3 Å². The summed E-state index contributed by atoms with van der Waals surface area (Å²) in [7, 11) is -3.25. The highest BCUT2D eigenvalue weighted by Crippen LogP contribution is 2.13. The van der Waals surface area contributed by atoms with E-state index in [0.29, 0.717) is 26.2 Å². The van der Waals surface area contributed by atoms with Gasteiger partial charge in [-0.15, -0.1) is 0 Å². The van der Waals surface area contributed by atoms with Crippen molar-refractivity contribution in [3.05, 3.63) is 0 Å². The zero-order valence-corrected chi connectivity index (χ0v) is 14.1. The van der Waals surface area contributed by atoms with Crippen LogP contribution in [0.1, 0.15) is 33.6 Å². The lowest BCUT2D eigenvalue weighted by molar-refractivity contribution is 0.0900. The second-order valence-electron chi connectivity index (χ2n) is 5.60. The Bertz CT molecular complexity index is 437. The van der Waals surface area contributed by atoms with E-state index in [0.717, 1.165) is 12.8 Å².